The molecule has 0 unspecified atom stereocenters. The summed E-state index contributed by atoms with van der Waals surface area (Å²) in [6, 6.07) is 1.94. The average molecular weight is 350 g/mol. The number of hydrogen-bond acceptors (Lipinski definition) is 5. The first kappa shape index (κ1) is 17.0. The number of amides is 2. The molecule has 2 aliphatic rings. The number of nitrogens with zero attached hydrogens (tertiary/aromatic N) is 1. The van der Waals surface area contributed by atoms with Crippen molar-refractivity contribution in [3.8, 4) is 0 Å². The largest absolute Gasteiger partial charge is 0.465 e. The smallest absolute Gasteiger partial charge is 0.340 e. The number of esters is 1. The van der Waals surface area contributed by atoms with Gasteiger partial charge >= 0.3 is 5.97 Å². The zero-order valence-corrected chi connectivity index (χ0v) is 14.6. The SMILES string of the molecule is COC(=O)c1ccsc1NC(=O)[C@H]1CC[C@H](N2CCCC2=O)CC1. The van der Waals surface area contributed by atoms with Crippen LogP contribution in [0, 0.1) is 5.92 Å². The Kier molecular flexibility index (Phi) is 5.18. The van der Waals surface area contributed by atoms with Gasteiger partial charge in [0.1, 0.15) is 5.00 Å². The highest BCUT2D eigenvalue weighted by molar-refractivity contribution is 7.14. The molecule has 1 aliphatic heterocycles. The first-order valence-corrected chi connectivity index (χ1v) is 9.24. The summed E-state index contributed by atoms with van der Waals surface area (Å²) in [6.07, 6.45) is 4.91. The Labute approximate surface area is 145 Å². The van der Waals surface area contributed by atoms with Crippen LogP contribution < -0.4 is 5.32 Å². The van der Waals surface area contributed by atoms with Gasteiger partial charge in [0.05, 0.1) is 12.7 Å². The lowest BCUT2D eigenvalue weighted by atomic mass is 9.85. The predicted molar refractivity (Wildman–Crippen MR) is 91.0 cm³/mol. The van der Waals surface area contributed by atoms with Gasteiger partial charge < -0.3 is 15.0 Å². The van der Waals surface area contributed by atoms with E-state index >= 15 is 0 Å². The van der Waals surface area contributed by atoms with Gasteiger partial charge in [0.25, 0.3) is 0 Å². The first-order chi connectivity index (χ1) is 11.6. The third-order valence-corrected chi connectivity index (χ3v) is 5.76. The Balaban J connectivity index is 1.55. The minimum Gasteiger partial charge on any atom is -0.465 e. The van der Waals surface area contributed by atoms with Gasteiger partial charge in [0.15, 0.2) is 0 Å². The van der Waals surface area contributed by atoms with Crippen molar-refractivity contribution in [3.05, 3.63) is 17.0 Å². The van der Waals surface area contributed by atoms with Gasteiger partial charge in [0, 0.05) is 24.9 Å². The third-order valence-electron chi connectivity index (χ3n) is 4.93. The van der Waals surface area contributed by atoms with E-state index in [9.17, 15) is 14.4 Å². The quantitative estimate of drug-likeness (QED) is 0.847. The van der Waals surface area contributed by atoms with Crippen LogP contribution in [-0.4, -0.2) is 42.4 Å². The Morgan fingerprint density at radius 1 is 1.29 bits per heavy atom. The van der Waals surface area contributed by atoms with Crippen LogP contribution in [0.2, 0.25) is 0 Å². The number of methoxy groups -OCH3 is 1. The first-order valence-electron chi connectivity index (χ1n) is 8.36. The van der Waals surface area contributed by atoms with Crippen LogP contribution in [0.3, 0.4) is 0 Å². The molecule has 1 N–H and O–H groups in total. The highest BCUT2D eigenvalue weighted by Crippen LogP contribution is 2.32. The molecule has 2 heterocycles. The number of rotatable bonds is 4. The Morgan fingerprint density at radius 3 is 2.67 bits per heavy atom. The van der Waals surface area contributed by atoms with E-state index in [1.807, 2.05) is 4.90 Å². The van der Waals surface area contributed by atoms with Crippen LogP contribution in [0.4, 0.5) is 5.00 Å². The number of carbonyl (C=O) groups excluding carboxylic acids is 3. The molecule has 0 spiro atoms. The van der Waals surface area contributed by atoms with Crippen LogP contribution >= 0.6 is 11.3 Å². The molecule has 0 atom stereocenters. The monoisotopic (exact) mass is 350 g/mol. The van der Waals surface area contributed by atoms with E-state index in [0.29, 0.717) is 17.0 Å². The molecule has 1 aromatic heterocycles. The van der Waals surface area contributed by atoms with Crippen molar-refractivity contribution < 1.29 is 19.1 Å². The molecule has 0 aromatic carbocycles. The fourth-order valence-electron chi connectivity index (χ4n) is 3.60. The van der Waals surface area contributed by atoms with Crippen molar-refractivity contribution >= 4 is 34.1 Å². The number of nitrogens with one attached hydrogen (secondary N) is 1. The molecule has 3 rings (SSSR count). The van der Waals surface area contributed by atoms with Crippen LogP contribution in [0.5, 0.6) is 0 Å². The second kappa shape index (κ2) is 7.34. The normalized spacial score (nSPS) is 24.0. The minimum absolute atomic E-state index is 0.0474. The number of thiophene rings is 1. The topological polar surface area (TPSA) is 75.7 Å². The second-order valence-electron chi connectivity index (χ2n) is 6.34. The standard InChI is InChI=1S/C17H22N2O4S/c1-23-17(22)13-8-10-24-16(13)18-15(21)11-4-6-12(7-5-11)19-9-2-3-14(19)20/h8,10-12H,2-7,9H2,1H3,(H,18,21)/t11-,12-. The highest BCUT2D eigenvalue weighted by atomic mass is 32.1. The predicted octanol–water partition coefficient (Wildman–Crippen LogP) is 2.65. The van der Waals surface area contributed by atoms with E-state index in [-0.39, 0.29) is 23.8 Å². The van der Waals surface area contributed by atoms with E-state index < -0.39 is 5.97 Å². The van der Waals surface area contributed by atoms with Crippen molar-refractivity contribution in [1.82, 2.24) is 4.90 Å². The van der Waals surface area contributed by atoms with Gasteiger partial charge in [-0.15, -0.1) is 11.3 Å². The van der Waals surface area contributed by atoms with E-state index in [2.05, 4.69) is 5.32 Å². The van der Waals surface area contributed by atoms with Gasteiger partial charge in [-0.05, 0) is 43.6 Å². The summed E-state index contributed by atoms with van der Waals surface area (Å²) in [6.45, 7) is 0.859. The molecule has 0 radical (unpaired) electrons. The van der Waals surface area contributed by atoms with Crippen LogP contribution in [0.25, 0.3) is 0 Å². The van der Waals surface area contributed by atoms with Gasteiger partial charge in [0.2, 0.25) is 11.8 Å². The summed E-state index contributed by atoms with van der Waals surface area (Å²) < 4.78 is 4.72. The lowest BCUT2D eigenvalue weighted by molar-refractivity contribution is -0.130. The Hall–Kier alpha value is -1.89. The Bertz CT molecular complexity index is 634. The number of hydrogen-bond donors (Lipinski definition) is 1. The van der Waals surface area contributed by atoms with Gasteiger partial charge in [-0.3, -0.25) is 9.59 Å². The van der Waals surface area contributed by atoms with Crippen molar-refractivity contribution in [1.29, 1.82) is 0 Å². The van der Waals surface area contributed by atoms with E-state index in [1.165, 1.54) is 18.4 Å². The average Bonchev–Trinajstić information content (AvgIpc) is 3.23. The number of likely N-dealkylation sites (tertiary alicyclic amines) is 1. The molecule has 6 nitrogen and oxygen atoms in total. The lowest BCUT2D eigenvalue weighted by Gasteiger charge is -2.34. The molecule has 130 valence electrons. The fraction of sp³-hybridized carbons (Fsp3) is 0.588. The fourth-order valence-corrected chi connectivity index (χ4v) is 4.37. The highest BCUT2D eigenvalue weighted by Gasteiger charge is 2.33. The number of anilines is 1. The zero-order chi connectivity index (χ0) is 17.1. The summed E-state index contributed by atoms with van der Waals surface area (Å²) in [4.78, 5) is 38.0. The molecule has 1 saturated carbocycles. The summed E-state index contributed by atoms with van der Waals surface area (Å²) in [7, 11) is 1.33. The third kappa shape index (κ3) is 3.45. The van der Waals surface area contributed by atoms with Gasteiger partial charge in [-0.25, -0.2) is 4.79 Å². The zero-order valence-electron chi connectivity index (χ0n) is 13.7. The second-order valence-corrected chi connectivity index (χ2v) is 7.26. The van der Waals surface area contributed by atoms with Crippen molar-refractivity contribution in [2.24, 2.45) is 5.92 Å². The molecule has 24 heavy (non-hydrogen) atoms. The Morgan fingerprint density at radius 2 is 2.04 bits per heavy atom. The summed E-state index contributed by atoms with van der Waals surface area (Å²) in [5.74, 6) is -0.299. The molecule has 2 fully saturated rings. The summed E-state index contributed by atoms with van der Waals surface area (Å²) in [5, 5.41) is 5.17. The van der Waals surface area contributed by atoms with Crippen LogP contribution in [0.1, 0.15) is 48.9 Å². The lowest BCUT2D eigenvalue weighted by Crippen LogP contribution is -2.40. The van der Waals surface area contributed by atoms with Gasteiger partial charge in [-0.1, -0.05) is 0 Å². The van der Waals surface area contributed by atoms with E-state index in [1.54, 1.807) is 11.4 Å². The summed E-state index contributed by atoms with van der Waals surface area (Å²) >= 11 is 1.32. The maximum atomic E-state index is 12.5. The van der Waals surface area contributed by atoms with Crippen LogP contribution in [-0.2, 0) is 14.3 Å². The van der Waals surface area contributed by atoms with E-state index in [0.717, 1.165) is 38.6 Å². The molecule has 1 saturated heterocycles. The van der Waals surface area contributed by atoms with Crippen molar-refractivity contribution in [2.45, 2.75) is 44.6 Å². The molecule has 0 bridgehead atoms. The van der Waals surface area contributed by atoms with Crippen molar-refractivity contribution in [2.75, 3.05) is 19.0 Å². The molecule has 1 aliphatic carbocycles. The molecule has 1 aromatic rings. The minimum atomic E-state index is -0.442. The van der Waals surface area contributed by atoms with E-state index in [4.69, 9.17) is 4.74 Å². The molecular formula is C17H22N2O4S. The molecule has 2 amide bonds. The number of ether oxygens (including phenoxy) is 1. The number of carbonyl (C=O) groups is 3. The summed E-state index contributed by atoms with van der Waals surface area (Å²) in [5.41, 5.74) is 0.396. The maximum absolute atomic E-state index is 12.5. The molecule has 7 heteroatoms. The maximum Gasteiger partial charge on any atom is 0.340 e. The van der Waals surface area contributed by atoms with Crippen molar-refractivity contribution in [3.63, 3.8) is 0 Å². The van der Waals surface area contributed by atoms with Gasteiger partial charge in [-0.2, -0.15) is 0 Å². The molecular weight excluding hydrogens is 328 g/mol. The van der Waals surface area contributed by atoms with Crippen LogP contribution in [0.15, 0.2) is 11.4 Å².